The van der Waals surface area contributed by atoms with Crippen molar-refractivity contribution < 1.29 is 28.6 Å². The van der Waals surface area contributed by atoms with Crippen LogP contribution >= 0.6 is 0 Å². The molecule has 6 heteroatoms. The van der Waals surface area contributed by atoms with Crippen molar-refractivity contribution in [1.82, 2.24) is 0 Å². The summed E-state index contributed by atoms with van der Waals surface area (Å²) in [5, 5.41) is 0. The third-order valence-corrected chi connectivity index (χ3v) is 13.2. The fraction of sp³-hybridized carbons (Fsp3) is 0.769. The number of esters is 3. The number of rotatable bonds is 55. The lowest BCUT2D eigenvalue weighted by atomic mass is 10.0. The summed E-state index contributed by atoms with van der Waals surface area (Å²) in [6, 6.07) is 0. The van der Waals surface area contributed by atoms with Crippen LogP contribution in [-0.2, 0) is 28.6 Å². The molecule has 6 nitrogen and oxygen atoms in total. The molecule has 1 atom stereocenters. The van der Waals surface area contributed by atoms with Gasteiger partial charge in [0, 0.05) is 19.3 Å². The second-order valence-corrected chi connectivity index (χ2v) is 20.2. The largest absolute Gasteiger partial charge is 0.462 e. The highest BCUT2D eigenvalue weighted by Gasteiger charge is 2.19. The third kappa shape index (κ3) is 57.6. The van der Waals surface area contributed by atoms with Crippen LogP contribution in [0, 0.1) is 0 Å². The van der Waals surface area contributed by atoms with E-state index < -0.39 is 6.10 Å². The Balaban J connectivity index is 4.41. The van der Waals surface area contributed by atoms with Gasteiger partial charge in [-0.25, -0.2) is 0 Å². The first-order chi connectivity index (χ1) is 35.0. The Hall–Kier alpha value is -3.15. The van der Waals surface area contributed by atoms with Crippen LogP contribution in [0.15, 0.2) is 72.9 Å². The molecule has 0 aliphatic rings. The summed E-state index contributed by atoms with van der Waals surface area (Å²) in [4.78, 5) is 38.2. The third-order valence-electron chi connectivity index (χ3n) is 13.2. The van der Waals surface area contributed by atoms with E-state index in [0.29, 0.717) is 19.3 Å². The number of ether oxygens (including phenoxy) is 3. The van der Waals surface area contributed by atoms with E-state index in [1.807, 2.05) is 0 Å². The Morgan fingerprint density at radius 1 is 0.296 bits per heavy atom. The van der Waals surface area contributed by atoms with Gasteiger partial charge in [0.15, 0.2) is 6.10 Å². The molecule has 0 aromatic heterocycles. The summed E-state index contributed by atoms with van der Waals surface area (Å²) in [6.07, 6.45) is 76.2. The number of allylic oxidation sites excluding steroid dienone is 12. The monoisotopic (exact) mass is 991 g/mol. The van der Waals surface area contributed by atoms with E-state index in [-0.39, 0.29) is 37.5 Å². The van der Waals surface area contributed by atoms with Gasteiger partial charge in [-0.1, -0.05) is 273 Å². The van der Waals surface area contributed by atoms with E-state index in [9.17, 15) is 14.4 Å². The molecule has 0 saturated heterocycles. The van der Waals surface area contributed by atoms with Crippen molar-refractivity contribution in [3.63, 3.8) is 0 Å². The zero-order valence-electron chi connectivity index (χ0n) is 47.0. The highest BCUT2D eigenvalue weighted by molar-refractivity contribution is 5.71. The van der Waals surface area contributed by atoms with Crippen LogP contribution in [-0.4, -0.2) is 37.2 Å². The molecule has 0 fully saturated rings. The van der Waals surface area contributed by atoms with Gasteiger partial charge in [-0.15, -0.1) is 0 Å². The summed E-state index contributed by atoms with van der Waals surface area (Å²) in [5.74, 6) is -0.950. The maximum atomic E-state index is 12.9. The topological polar surface area (TPSA) is 78.9 Å². The van der Waals surface area contributed by atoms with Gasteiger partial charge in [0.2, 0.25) is 0 Å². The van der Waals surface area contributed by atoms with Gasteiger partial charge in [0.05, 0.1) is 0 Å². The van der Waals surface area contributed by atoms with Crippen LogP contribution < -0.4 is 0 Å². The fourth-order valence-electron chi connectivity index (χ4n) is 8.65. The highest BCUT2D eigenvalue weighted by atomic mass is 16.6. The van der Waals surface area contributed by atoms with E-state index in [4.69, 9.17) is 14.2 Å². The molecule has 0 saturated carbocycles. The summed E-state index contributed by atoms with van der Waals surface area (Å²) >= 11 is 0. The maximum Gasteiger partial charge on any atom is 0.306 e. The van der Waals surface area contributed by atoms with Gasteiger partial charge in [-0.2, -0.15) is 0 Å². The average molecular weight is 992 g/mol. The van der Waals surface area contributed by atoms with Crippen LogP contribution in [0.5, 0.6) is 0 Å². The Kier molecular flexibility index (Phi) is 56.8. The van der Waals surface area contributed by atoms with Crippen molar-refractivity contribution in [2.75, 3.05) is 13.2 Å². The molecule has 0 aromatic rings. The van der Waals surface area contributed by atoms with Crippen LogP contribution in [0.2, 0.25) is 0 Å². The minimum atomic E-state index is -0.801. The van der Waals surface area contributed by atoms with Crippen LogP contribution in [0.3, 0.4) is 0 Å². The highest BCUT2D eigenvalue weighted by Crippen LogP contribution is 2.17. The van der Waals surface area contributed by atoms with Crippen molar-refractivity contribution in [1.29, 1.82) is 0 Å². The molecule has 0 aliphatic carbocycles. The number of carbonyl (C=O) groups excluding carboxylic acids is 3. The molecule has 0 spiro atoms. The Morgan fingerprint density at radius 2 is 0.563 bits per heavy atom. The lowest BCUT2D eigenvalue weighted by Crippen LogP contribution is -2.30. The molecule has 71 heavy (non-hydrogen) atoms. The maximum absolute atomic E-state index is 12.9. The fourth-order valence-corrected chi connectivity index (χ4v) is 8.65. The van der Waals surface area contributed by atoms with Gasteiger partial charge in [0.25, 0.3) is 0 Å². The summed E-state index contributed by atoms with van der Waals surface area (Å²) in [7, 11) is 0. The average Bonchev–Trinajstić information content (AvgIpc) is 3.37. The smallest absolute Gasteiger partial charge is 0.306 e. The van der Waals surface area contributed by atoms with E-state index in [0.717, 1.165) is 83.5 Å². The lowest BCUT2D eigenvalue weighted by molar-refractivity contribution is -0.167. The minimum Gasteiger partial charge on any atom is -0.462 e. The van der Waals surface area contributed by atoms with Crippen LogP contribution in [0.1, 0.15) is 303 Å². The molecule has 410 valence electrons. The van der Waals surface area contributed by atoms with Gasteiger partial charge in [-0.05, 0) is 83.5 Å². The van der Waals surface area contributed by atoms with Crippen molar-refractivity contribution in [3.05, 3.63) is 72.9 Å². The molecule has 0 amide bonds. The predicted octanol–water partition coefficient (Wildman–Crippen LogP) is 20.5. The van der Waals surface area contributed by atoms with Gasteiger partial charge in [-0.3, -0.25) is 14.4 Å². The zero-order valence-corrected chi connectivity index (χ0v) is 47.0. The van der Waals surface area contributed by atoms with E-state index >= 15 is 0 Å². The molecule has 0 radical (unpaired) electrons. The number of hydrogen-bond acceptors (Lipinski definition) is 6. The first kappa shape index (κ1) is 67.8. The normalized spacial score (nSPS) is 12.5. The van der Waals surface area contributed by atoms with Crippen molar-refractivity contribution in [2.45, 2.75) is 309 Å². The van der Waals surface area contributed by atoms with E-state index in [2.05, 4.69) is 93.7 Å². The predicted molar refractivity (Wildman–Crippen MR) is 307 cm³/mol. The summed E-state index contributed by atoms with van der Waals surface area (Å²) in [6.45, 7) is 6.50. The Bertz CT molecular complexity index is 1320. The van der Waals surface area contributed by atoms with E-state index in [1.54, 1.807) is 0 Å². The van der Waals surface area contributed by atoms with Gasteiger partial charge < -0.3 is 14.2 Å². The first-order valence-corrected chi connectivity index (χ1v) is 30.4. The van der Waals surface area contributed by atoms with Crippen molar-refractivity contribution in [3.8, 4) is 0 Å². The Morgan fingerprint density at radius 3 is 0.930 bits per heavy atom. The van der Waals surface area contributed by atoms with E-state index in [1.165, 1.54) is 173 Å². The second kappa shape index (κ2) is 59.4. The standard InChI is InChI=1S/C65H114O6/c1-4-7-10-13-16-19-22-25-28-30-31-32-33-35-38-41-44-47-50-53-56-59-65(68)71-62(60-69-63(66)57-54-51-48-45-42-39-36-27-24-21-18-15-12-9-6-3)61-70-64(67)58-55-52-49-46-43-40-37-34-29-26-23-20-17-14-11-8-5-2/h8,11,17,20,26-27,29,36-37,40,46,49,62H,4-7,9-10,12-16,18-19,21-25,28,30-35,38-39,41-45,47-48,50-61H2,1-3H3/b11-8-,20-17-,29-26-,36-27-,40-37-,49-46-/t62-/m0/s1. The lowest BCUT2D eigenvalue weighted by Gasteiger charge is -2.18. The molecule has 0 aromatic carbocycles. The second-order valence-electron chi connectivity index (χ2n) is 20.2. The molecular formula is C65H114O6. The molecule has 0 N–H and O–H groups in total. The van der Waals surface area contributed by atoms with Crippen molar-refractivity contribution in [2.24, 2.45) is 0 Å². The molecule has 0 bridgehead atoms. The minimum absolute atomic E-state index is 0.0950. The summed E-state index contributed by atoms with van der Waals surface area (Å²) < 4.78 is 16.8. The van der Waals surface area contributed by atoms with Crippen LogP contribution in [0.25, 0.3) is 0 Å². The molecule has 0 rings (SSSR count). The number of unbranched alkanes of at least 4 members (excludes halogenated alkanes) is 32. The zero-order chi connectivity index (χ0) is 51.4. The quantitative estimate of drug-likeness (QED) is 0.0261. The SMILES string of the molecule is CC/C=C\C/C=C\C/C=C\C/C=C\C/C=C\CCCC(=O)OC[C@H](COC(=O)CCCCCCC/C=C\CCCCCCCC)OC(=O)CCCCCCCCCCCCCCCCCCCCCCC. The first-order valence-electron chi connectivity index (χ1n) is 30.4. The van der Waals surface area contributed by atoms with Gasteiger partial charge >= 0.3 is 17.9 Å². The van der Waals surface area contributed by atoms with Crippen molar-refractivity contribution >= 4 is 17.9 Å². The number of hydrogen-bond donors (Lipinski definition) is 0. The molecular weight excluding hydrogens is 877 g/mol. The summed E-state index contributed by atoms with van der Waals surface area (Å²) in [5.41, 5.74) is 0. The molecule has 0 aliphatic heterocycles. The molecule has 0 unspecified atom stereocenters. The van der Waals surface area contributed by atoms with Gasteiger partial charge in [0.1, 0.15) is 13.2 Å². The Labute approximate surface area is 440 Å². The number of carbonyl (C=O) groups is 3. The van der Waals surface area contributed by atoms with Crippen LogP contribution in [0.4, 0.5) is 0 Å². The molecule has 0 heterocycles.